The van der Waals surface area contributed by atoms with Crippen LogP contribution in [0.1, 0.15) is 12.0 Å². The molecule has 1 aliphatic rings. The van der Waals surface area contributed by atoms with Crippen LogP contribution < -0.4 is 5.73 Å². The van der Waals surface area contributed by atoms with Gasteiger partial charge < -0.3 is 5.73 Å². The highest BCUT2D eigenvalue weighted by molar-refractivity contribution is 5.77. The van der Waals surface area contributed by atoms with E-state index in [1.807, 2.05) is 18.2 Å². The van der Waals surface area contributed by atoms with Crippen LogP contribution in [0.5, 0.6) is 0 Å². The van der Waals surface area contributed by atoms with Crippen LogP contribution in [0, 0.1) is 23.2 Å². The molecule has 1 aliphatic heterocycles. The molecule has 1 fully saturated rings. The van der Waals surface area contributed by atoms with Crippen molar-refractivity contribution in [1.29, 1.82) is 5.26 Å². The topological polar surface area (TPSA) is 70.1 Å². The van der Waals surface area contributed by atoms with E-state index in [1.165, 1.54) is 5.56 Å². The summed E-state index contributed by atoms with van der Waals surface area (Å²) in [4.78, 5) is 13.6. The van der Waals surface area contributed by atoms with E-state index in [0.29, 0.717) is 6.54 Å². The number of carbonyl (C=O) groups is 1. The lowest BCUT2D eigenvalue weighted by molar-refractivity contribution is -0.124. The van der Waals surface area contributed by atoms with Gasteiger partial charge in [-0.1, -0.05) is 30.3 Å². The molecule has 1 aromatic carbocycles. The number of likely N-dealkylation sites (tertiary alicyclic amines) is 1. The molecule has 1 amide bonds. The summed E-state index contributed by atoms with van der Waals surface area (Å²) in [6, 6.07) is 12.3. The van der Waals surface area contributed by atoms with Gasteiger partial charge in [-0.2, -0.15) is 5.26 Å². The van der Waals surface area contributed by atoms with Gasteiger partial charge in [0.25, 0.3) is 0 Å². The molecule has 2 N–H and O–H groups in total. The van der Waals surface area contributed by atoms with Gasteiger partial charge in [0.05, 0.1) is 17.9 Å². The van der Waals surface area contributed by atoms with Gasteiger partial charge in [-0.05, 0) is 18.5 Å². The molecule has 0 radical (unpaired) electrons. The van der Waals surface area contributed by atoms with Crippen LogP contribution in [0.4, 0.5) is 0 Å². The standard InChI is InChI=1S/C14H17N3O/c15-8-12-6-7-17(10-13(12)14(16)18)9-11-4-2-1-3-5-11/h1-5,12-13H,6-7,9-10H2,(H2,16,18)/t12-,13+/m0/s1. The van der Waals surface area contributed by atoms with E-state index in [9.17, 15) is 4.79 Å². The summed E-state index contributed by atoms with van der Waals surface area (Å²) in [5, 5.41) is 9.01. The van der Waals surface area contributed by atoms with Crippen molar-refractivity contribution in [2.24, 2.45) is 17.6 Å². The number of rotatable bonds is 3. The van der Waals surface area contributed by atoms with E-state index in [-0.39, 0.29) is 17.7 Å². The molecule has 1 saturated heterocycles. The average molecular weight is 243 g/mol. The first-order valence-electron chi connectivity index (χ1n) is 6.16. The first-order chi connectivity index (χ1) is 8.70. The Morgan fingerprint density at radius 2 is 2.17 bits per heavy atom. The molecular formula is C14H17N3O. The van der Waals surface area contributed by atoms with Gasteiger partial charge in [-0.25, -0.2) is 0 Å². The van der Waals surface area contributed by atoms with Gasteiger partial charge in [-0.3, -0.25) is 9.69 Å². The molecule has 1 heterocycles. The number of nitrogens with two attached hydrogens (primary N) is 1. The fourth-order valence-corrected chi connectivity index (χ4v) is 2.45. The number of carbonyl (C=O) groups excluding carboxylic acids is 1. The maximum atomic E-state index is 11.4. The van der Waals surface area contributed by atoms with Crippen LogP contribution in [0.3, 0.4) is 0 Å². The monoisotopic (exact) mass is 243 g/mol. The fourth-order valence-electron chi connectivity index (χ4n) is 2.45. The van der Waals surface area contributed by atoms with Crippen molar-refractivity contribution in [2.45, 2.75) is 13.0 Å². The third kappa shape index (κ3) is 2.88. The molecule has 0 saturated carbocycles. The van der Waals surface area contributed by atoms with Crippen molar-refractivity contribution in [1.82, 2.24) is 4.90 Å². The zero-order valence-corrected chi connectivity index (χ0v) is 10.2. The molecule has 1 aromatic rings. The zero-order chi connectivity index (χ0) is 13.0. The molecule has 4 heteroatoms. The number of nitrogens with zero attached hydrogens (tertiary/aromatic N) is 2. The lowest BCUT2D eigenvalue weighted by Crippen LogP contribution is -2.45. The van der Waals surface area contributed by atoms with E-state index in [2.05, 4.69) is 23.1 Å². The molecular weight excluding hydrogens is 226 g/mol. The Kier molecular flexibility index (Phi) is 3.96. The van der Waals surface area contributed by atoms with Crippen molar-refractivity contribution < 1.29 is 4.79 Å². The Morgan fingerprint density at radius 3 is 2.78 bits per heavy atom. The molecule has 0 unspecified atom stereocenters. The quantitative estimate of drug-likeness (QED) is 0.865. The smallest absolute Gasteiger partial charge is 0.223 e. The zero-order valence-electron chi connectivity index (χ0n) is 10.2. The van der Waals surface area contributed by atoms with Crippen molar-refractivity contribution in [3.63, 3.8) is 0 Å². The van der Waals surface area contributed by atoms with Crippen LogP contribution in [0.25, 0.3) is 0 Å². The maximum absolute atomic E-state index is 11.4. The number of hydrogen-bond acceptors (Lipinski definition) is 3. The number of primary amides is 1. The number of hydrogen-bond donors (Lipinski definition) is 1. The van der Waals surface area contributed by atoms with E-state index >= 15 is 0 Å². The minimum Gasteiger partial charge on any atom is -0.369 e. The highest BCUT2D eigenvalue weighted by atomic mass is 16.1. The highest BCUT2D eigenvalue weighted by Gasteiger charge is 2.32. The Morgan fingerprint density at radius 1 is 1.44 bits per heavy atom. The third-order valence-electron chi connectivity index (χ3n) is 3.48. The van der Waals surface area contributed by atoms with Gasteiger partial charge in [-0.15, -0.1) is 0 Å². The number of piperidine rings is 1. The number of benzene rings is 1. The van der Waals surface area contributed by atoms with Crippen LogP contribution in [0.15, 0.2) is 30.3 Å². The van der Waals surface area contributed by atoms with E-state index in [4.69, 9.17) is 11.0 Å². The fraction of sp³-hybridized carbons (Fsp3) is 0.429. The molecule has 2 rings (SSSR count). The van der Waals surface area contributed by atoms with Gasteiger partial charge >= 0.3 is 0 Å². The summed E-state index contributed by atoms with van der Waals surface area (Å²) in [5.74, 6) is -0.929. The first-order valence-corrected chi connectivity index (χ1v) is 6.16. The Bertz CT molecular complexity index is 452. The molecule has 0 spiro atoms. The largest absolute Gasteiger partial charge is 0.369 e. The van der Waals surface area contributed by atoms with E-state index in [1.54, 1.807) is 0 Å². The molecule has 94 valence electrons. The molecule has 4 nitrogen and oxygen atoms in total. The summed E-state index contributed by atoms with van der Waals surface area (Å²) < 4.78 is 0. The Hall–Kier alpha value is -1.86. The van der Waals surface area contributed by atoms with Gasteiger partial charge in [0, 0.05) is 13.1 Å². The van der Waals surface area contributed by atoms with Crippen molar-refractivity contribution in [3.05, 3.63) is 35.9 Å². The second-order valence-electron chi connectivity index (χ2n) is 4.75. The average Bonchev–Trinajstić information content (AvgIpc) is 2.40. The van der Waals surface area contributed by atoms with Gasteiger partial charge in [0.2, 0.25) is 5.91 Å². The normalized spacial score (nSPS) is 24.4. The molecule has 18 heavy (non-hydrogen) atoms. The van der Waals surface area contributed by atoms with Crippen molar-refractivity contribution in [2.75, 3.05) is 13.1 Å². The minimum absolute atomic E-state index is 0.227. The lowest BCUT2D eigenvalue weighted by atomic mass is 9.86. The second-order valence-corrected chi connectivity index (χ2v) is 4.75. The Labute approximate surface area is 107 Å². The van der Waals surface area contributed by atoms with E-state index < -0.39 is 0 Å². The first kappa shape index (κ1) is 12.6. The van der Waals surface area contributed by atoms with E-state index in [0.717, 1.165) is 19.5 Å². The summed E-state index contributed by atoms with van der Waals surface area (Å²) in [6.07, 6.45) is 0.719. The summed E-state index contributed by atoms with van der Waals surface area (Å²) in [5.41, 5.74) is 6.59. The molecule has 0 bridgehead atoms. The predicted molar refractivity (Wildman–Crippen MR) is 68.1 cm³/mol. The Balaban J connectivity index is 2.01. The highest BCUT2D eigenvalue weighted by Crippen LogP contribution is 2.24. The van der Waals surface area contributed by atoms with Crippen molar-refractivity contribution in [3.8, 4) is 6.07 Å². The summed E-state index contributed by atoms with van der Waals surface area (Å²) in [7, 11) is 0. The van der Waals surface area contributed by atoms with Crippen LogP contribution in [-0.2, 0) is 11.3 Å². The van der Waals surface area contributed by atoms with Crippen LogP contribution >= 0.6 is 0 Å². The number of nitriles is 1. The molecule has 2 atom stereocenters. The van der Waals surface area contributed by atoms with Gasteiger partial charge in [0.1, 0.15) is 0 Å². The maximum Gasteiger partial charge on any atom is 0.223 e. The summed E-state index contributed by atoms with van der Waals surface area (Å²) in [6.45, 7) is 2.24. The molecule has 0 aliphatic carbocycles. The van der Waals surface area contributed by atoms with Crippen LogP contribution in [0.2, 0.25) is 0 Å². The predicted octanol–water partition coefficient (Wildman–Crippen LogP) is 1.13. The van der Waals surface area contributed by atoms with Gasteiger partial charge in [0.15, 0.2) is 0 Å². The SMILES string of the molecule is N#C[C@@H]1CCN(Cc2ccccc2)C[C@H]1C(N)=O. The summed E-state index contributed by atoms with van der Waals surface area (Å²) >= 11 is 0. The minimum atomic E-state index is -0.362. The molecule has 0 aromatic heterocycles. The number of amides is 1. The second kappa shape index (κ2) is 5.65. The van der Waals surface area contributed by atoms with Crippen LogP contribution in [-0.4, -0.2) is 23.9 Å². The third-order valence-corrected chi connectivity index (χ3v) is 3.48. The lowest BCUT2D eigenvalue weighted by Gasteiger charge is -2.34. The van der Waals surface area contributed by atoms with Crippen molar-refractivity contribution >= 4 is 5.91 Å².